The fraction of sp³-hybridized carbons (Fsp3) is 0.143. The maximum Gasteiger partial charge on any atom is 0.356 e. The van der Waals surface area contributed by atoms with Gasteiger partial charge in [0.25, 0.3) is 5.69 Å². The van der Waals surface area contributed by atoms with E-state index < -0.39 is 12.5 Å². The number of benzene rings is 1. The molecule has 0 saturated carbocycles. The Bertz CT molecular complexity index is 429. The number of hydrogen-bond donors (Lipinski definition) is 2. The Hall–Kier alpha value is -0.711. The number of nitrogens with zero attached hydrogens (tertiary/aromatic N) is 1. The van der Waals surface area contributed by atoms with Crippen LogP contribution in [0, 0.1) is 17.0 Å². The van der Waals surface area contributed by atoms with Crippen LogP contribution in [-0.2, 0) is 21.6 Å². The van der Waals surface area contributed by atoms with Crippen molar-refractivity contribution in [2.75, 3.05) is 0 Å². The third-order valence-electron chi connectivity index (χ3n) is 1.59. The Morgan fingerprint density at radius 3 is 2.27 bits per heavy atom. The minimum atomic E-state index is -4.42. The second-order valence-electron chi connectivity index (χ2n) is 2.83. The zero-order valence-electron chi connectivity index (χ0n) is 7.55. The normalized spacial score (nSPS) is 10.6. The van der Waals surface area contributed by atoms with Gasteiger partial charge in [0.05, 0.1) is 10.2 Å². The van der Waals surface area contributed by atoms with Crippen molar-refractivity contribution in [3.63, 3.8) is 0 Å². The molecule has 1 radical (unpaired) electrons. The van der Waals surface area contributed by atoms with Crippen LogP contribution >= 0.6 is 7.60 Å². The van der Waals surface area contributed by atoms with E-state index in [-0.39, 0.29) is 28.1 Å². The van der Waals surface area contributed by atoms with Crippen LogP contribution in [0.4, 0.5) is 5.69 Å². The van der Waals surface area contributed by atoms with Crippen LogP contribution < -0.4 is 5.30 Å². The third kappa shape index (κ3) is 3.74. The summed E-state index contributed by atoms with van der Waals surface area (Å²) in [6.45, 7) is 1.53. The summed E-state index contributed by atoms with van der Waals surface area (Å²) >= 11 is 0. The van der Waals surface area contributed by atoms with E-state index in [9.17, 15) is 14.7 Å². The predicted octanol–water partition coefficient (Wildman–Crippen LogP) is 0.704. The number of nitro groups is 1. The number of aryl methyl sites for hydroxylation is 1. The van der Waals surface area contributed by atoms with Crippen molar-refractivity contribution in [2.24, 2.45) is 0 Å². The van der Waals surface area contributed by atoms with Crippen LogP contribution in [0.3, 0.4) is 0 Å². The molecule has 0 bridgehead atoms. The van der Waals surface area contributed by atoms with Gasteiger partial charge >= 0.3 is 7.60 Å². The van der Waals surface area contributed by atoms with Gasteiger partial charge in [0, 0.05) is 29.2 Å². The molecule has 0 fully saturated rings. The molecule has 0 atom stereocenters. The standard InChI is InChI=1S/C7H8NO5P.Cu/c1-5-2-6(8(9)10)4-7(3-5)14(11,12)13;/h2-4H,1H3,(H2,11,12,13);. The van der Waals surface area contributed by atoms with E-state index >= 15 is 0 Å². The van der Waals surface area contributed by atoms with E-state index in [1.165, 1.54) is 19.1 Å². The molecule has 0 heterocycles. The van der Waals surface area contributed by atoms with Crippen LogP contribution in [0.1, 0.15) is 5.56 Å². The summed E-state index contributed by atoms with van der Waals surface area (Å²) in [4.78, 5) is 27.3. The summed E-state index contributed by atoms with van der Waals surface area (Å²) in [6.07, 6.45) is 0. The summed E-state index contributed by atoms with van der Waals surface area (Å²) < 4.78 is 10.8. The van der Waals surface area contributed by atoms with Crippen molar-refractivity contribution < 1.29 is 36.3 Å². The van der Waals surface area contributed by atoms with Crippen molar-refractivity contribution in [1.82, 2.24) is 0 Å². The van der Waals surface area contributed by atoms with Crippen LogP contribution in [0.2, 0.25) is 0 Å². The van der Waals surface area contributed by atoms with Gasteiger partial charge in [-0.25, -0.2) is 0 Å². The molecule has 87 valence electrons. The van der Waals surface area contributed by atoms with E-state index in [1.54, 1.807) is 0 Å². The summed E-state index contributed by atoms with van der Waals surface area (Å²) in [6, 6.07) is 3.36. The van der Waals surface area contributed by atoms with E-state index in [4.69, 9.17) is 9.79 Å². The molecule has 1 rings (SSSR count). The van der Waals surface area contributed by atoms with Gasteiger partial charge in [-0.2, -0.15) is 0 Å². The summed E-state index contributed by atoms with van der Waals surface area (Å²) in [7, 11) is -4.42. The Balaban J connectivity index is 0.00000196. The van der Waals surface area contributed by atoms with Gasteiger partial charge in [0.15, 0.2) is 0 Å². The van der Waals surface area contributed by atoms with Gasteiger partial charge in [-0.05, 0) is 18.6 Å². The minimum absolute atomic E-state index is 0. The molecule has 15 heavy (non-hydrogen) atoms. The summed E-state index contributed by atoms with van der Waals surface area (Å²) in [5.74, 6) is 0. The molecule has 0 aromatic heterocycles. The number of rotatable bonds is 2. The Kier molecular flexibility index (Phi) is 4.64. The molecule has 8 heteroatoms. The van der Waals surface area contributed by atoms with Gasteiger partial charge < -0.3 is 9.79 Å². The first kappa shape index (κ1) is 14.3. The Labute approximate surface area is 96.1 Å². The molecule has 0 spiro atoms. The maximum atomic E-state index is 10.8. The topological polar surface area (TPSA) is 101 Å². The quantitative estimate of drug-likeness (QED) is 0.359. The van der Waals surface area contributed by atoms with Crippen LogP contribution in [0.5, 0.6) is 0 Å². The molecule has 0 aliphatic heterocycles. The van der Waals surface area contributed by atoms with E-state index in [0.717, 1.165) is 6.07 Å². The fourth-order valence-corrected chi connectivity index (χ4v) is 1.69. The van der Waals surface area contributed by atoms with Gasteiger partial charge in [0.1, 0.15) is 0 Å². The van der Waals surface area contributed by atoms with E-state index in [1.807, 2.05) is 0 Å². The smallest absolute Gasteiger partial charge is 0.321 e. The van der Waals surface area contributed by atoms with Crippen molar-refractivity contribution in [3.8, 4) is 0 Å². The average Bonchev–Trinajstić information content (AvgIpc) is 2.01. The van der Waals surface area contributed by atoms with Gasteiger partial charge in [0.2, 0.25) is 0 Å². The molecule has 0 aliphatic carbocycles. The largest absolute Gasteiger partial charge is 0.356 e. The fourth-order valence-electron chi connectivity index (χ4n) is 1.02. The maximum absolute atomic E-state index is 10.8. The van der Waals surface area contributed by atoms with Crippen LogP contribution in [0.25, 0.3) is 0 Å². The first-order valence-corrected chi connectivity index (χ1v) is 5.24. The Morgan fingerprint density at radius 1 is 1.33 bits per heavy atom. The molecule has 0 amide bonds. The third-order valence-corrected chi connectivity index (χ3v) is 2.52. The molecular formula is C7H8CuNO5P. The molecule has 0 saturated heterocycles. The van der Waals surface area contributed by atoms with E-state index in [2.05, 4.69) is 0 Å². The minimum Gasteiger partial charge on any atom is -0.321 e. The van der Waals surface area contributed by atoms with Gasteiger partial charge in [-0.15, -0.1) is 0 Å². The monoisotopic (exact) mass is 280 g/mol. The molecule has 6 nitrogen and oxygen atoms in total. The molecule has 0 unspecified atom stereocenters. The predicted molar refractivity (Wildman–Crippen MR) is 49.5 cm³/mol. The summed E-state index contributed by atoms with van der Waals surface area (Å²) in [5, 5.41) is 10.1. The van der Waals surface area contributed by atoms with E-state index in [0.29, 0.717) is 5.56 Å². The summed E-state index contributed by atoms with van der Waals surface area (Å²) in [5.41, 5.74) is 0.126. The number of non-ortho nitro benzene ring substituents is 1. The van der Waals surface area contributed by atoms with Gasteiger partial charge in [-0.1, -0.05) is 0 Å². The molecule has 2 N–H and O–H groups in total. The zero-order chi connectivity index (χ0) is 10.9. The first-order valence-electron chi connectivity index (χ1n) is 3.63. The van der Waals surface area contributed by atoms with Crippen molar-refractivity contribution in [3.05, 3.63) is 33.9 Å². The second kappa shape index (κ2) is 4.88. The van der Waals surface area contributed by atoms with Crippen molar-refractivity contribution >= 4 is 18.6 Å². The number of hydrogen-bond acceptors (Lipinski definition) is 3. The second-order valence-corrected chi connectivity index (χ2v) is 4.43. The zero-order valence-corrected chi connectivity index (χ0v) is 9.38. The number of nitro benzene ring substituents is 1. The molecule has 0 aliphatic rings. The van der Waals surface area contributed by atoms with Gasteiger partial charge in [-0.3, -0.25) is 14.7 Å². The Morgan fingerprint density at radius 2 is 1.87 bits per heavy atom. The molecule has 1 aromatic rings. The average molecular weight is 281 g/mol. The van der Waals surface area contributed by atoms with Crippen molar-refractivity contribution in [1.29, 1.82) is 0 Å². The van der Waals surface area contributed by atoms with Crippen molar-refractivity contribution in [2.45, 2.75) is 6.92 Å². The first-order chi connectivity index (χ1) is 6.30. The van der Waals surface area contributed by atoms with Crippen LogP contribution in [-0.4, -0.2) is 14.7 Å². The van der Waals surface area contributed by atoms with Crippen LogP contribution in [0.15, 0.2) is 18.2 Å². The SMILES string of the molecule is Cc1cc([N+](=O)[O-])cc(P(=O)(O)O)c1.[Cu]. The molecular weight excluding hydrogens is 273 g/mol. The molecule has 1 aromatic carbocycles.